The first-order valence-electron chi connectivity index (χ1n) is 6.49. The number of nitrogens with two attached hydrogens (primary N) is 1. The Balaban J connectivity index is 3.25. The summed E-state index contributed by atoms with van der Waals surface area (Å²) in [5, 5.41) is 3.04. The first-order chi connectivity index (χ1) is 8.81. The topological polar surface area (TPSA) is 78.1 Å². The molecule has 0 amide bonds. The van der Waals surface area contributed by atoms with Gasteiger partial charge in [0, 0.05) is 40.0 Å². The van der Waals surface area contributed by atoms with Crippen LogP contribution >= 0.6 is 0 Å². The number of methoxy groups -OCH3 is 1. The molecule has 6 nitrogen and oxygen atoms in total. The van der Waals surface area contributed by atoms with E-state index < -0.39 is 0 Å². The van der Waals surface area contributed by atoms with Crippen molar-refractivity contribution < 1.29 is 14.2 Å². The number of guanidine groups is 1. The minimum absolute atomic E-state index is 0.489. The van der Waals surface area contributed by atoms with Gasteiger partial charge in [-0.2, -0.15) is 0 Å². The van der Waals surface area contributed by atoms with Gasteiger partial charge in [0.2, 0.25) is 0 Å². The molecule has 108 valence electrons. The molecule has 0 saturated heterocycles. The van der Waals surface area contributed by atoms with E-state index in [4.69, 9.17) is 19.9 Å². The van der Waals surface area contributed by atoms with Crippen LogP contribution in [0, 0.1) is 0 Å². The van der Waals surface area contributed by atoms with Crippen molar-refractivity contribution in [3.8, 4) is 0 Å². The second-order valence-corrected chi connectivity index (χ2v) is 3.70. The van der Waals surface area contributed by atoms with Gasteiger partial charge in [-0.25, -0.2) is 0 Å². The van der Waals surface area contributed by atoms with Gasteiger partial charge in [-0.05, 0) is 19.8 Å². The highest BCUT2D eigenvalue weighted by atomic mass is 16.5. The monoisotopic (exact) mass is 261 g/mol. The maximum Gasteiger partial charge on any atom is 0.188 e. The average molecular weight is 261 g/mol. The summed E-state index contributed by atoms with van der Waals surface area (Å²) in [5.74, 6) is 0.489. The Hall–Kier alpha value is -0.850. The molecule has 0 heterocycles. The first kappa shape index (κ1) is 17.2. The van der Waals surface area contributed by atoms with Crippen molar-refractivity contribution >= 4 is 5.96 Å². The maximum absolute atomic E-state index is 5.69. The van der Waals surface area contributed by atoms with Crippen molar-refractivity contribution in [2.45, 2.75) is 19.8 Å². The number of rotatable bonds is 12. The molecule has 0 spiro atoms. The van der Waals surface area contributed by atoms with Crippen LogP contribution < -0.4 is 11.1 Å². The molecule has 3 N–H and O–H groups in total. The summed E-state index contributed by atoms with van der Waals surface area (Å²) in [6.07, 6.45) is 1.80. The molecule has 0 aliphatic rings. The fourth-order valence-electron chi connectivity index (χ4n) is 1.20. The van der Waals surface area contributed by atoms with Crippen molar-refractivity contribution in [3.63, 3.8) is 0 Å². The molecule has 0 aromatic heterocycles. The molecule has 0 aromatic rings. The molecular formula is C12H27N3O3. The van der Waals surface area contributed by atoms with Gasteiger partial charge in [0.1, 0.15) is 0 Å². The highest BCUT2D eigenvalue weighted by molar-refractivity contribution is 5.77. The molecule has 0 aliphatic heterocycles. The van der Waals surface area contributed by atoms with Crippen molar-refractivity contribution in [1.82, 2.24) is 5.32 Å². The summed E-state index contributed by atoms with van der Waals surface area (Å²) in [6, 6.07) is 0. The van der Waals surface area contributed by atoms with Gasteiger partial charge in [-0.3, -0.25) is 4.99 Å². The van der Waals surface area contributed by atoms with Gasteiger partial charge in [0.25, 0.3) is 0 Å². The van der Waals surface area contributed by atoms with Crippen LogP contribution in [0.3, 0.4) is 0 Å². The lowest BCUT2D eigenvalue weighted by molar-refractivity contribution is 0.0702. The summed E-state index contributed by atoms with van der Waals surface area (Å²) in [5.41, 5.74) is 5.69. The van der Waals surface area contributed by atoms with Crippen LogP contribution in [0.1, 0.15) is 19.8 Å². The third-order valence-corrected chi connectivity index (χ3v) is 2.14. The van der Waals surface area contributed by atoms with Crippen LogP contribution in [-0.2, 0) is 14.2 Å². The van der Waals surface area contributed by atoms with Crippen LogP contribution in [0.15, 0.2) is 4.99 Å². The van der Waals surface area contributed by atoms with Crippen molar-refractivity contribution in [3.05, 3.63) is 0 Å². The summed E-state index contributed by atoms with van der Waals surface area (Å²) in [7, 11) is 1.66. The summed E-state index contributed by atoms with van der Waals surface area (Å²) in [4.78, 5) is 4.19. The number of hydrogen-bond acceptors (Lipinski definition) is 4. The lowest BCUT2D eigenvalue weighted by Crippen LogP contribution is -2.33. The Bertz CT molecular complexity index is 201. The molecule has 0 unspecified atom stereocenters. The van der Waals surface area contributed by atoms with E-state index in [9.17, 15) is 0 Å². The molecule has 18 heavy (non-hydrogen) atoms. The van der Waals surface area contributed by atoms with Crippen LogP contribution in [0.4, 0.5) is 0 Å². The fraction of sp³-hybridized carbons (Fsp3) is 0.917. The van der Waals surface area contributed by atoms with Crippen LogP contribution in [0.25, 0.3) is 0 Å². The lowest BCUT2D eigenvalue weighted by Gasteiger charge is -2.06. The van der Waals surface area contributed by atoms with Crippen molar-refractivity contribution in [2.24, 2.45) is 10.7 Å². The smallest absolute Gasteiger partial charge is 0.188 e. The second-order valence-electron chi connectivity index (χ2n) is 3.70. The maximum atomic E-state index is 5.69. The number of aliphatic imine (C=N–C) groups is 1. The predicted molar refractivity (Wildman–Crippen MR) is 72.9 cm³/mol. The molecule has 0 aromatic carbocycles. The standard InChI is InChI=1S/C12H27N3O3/c1-3-17-8-4-6-14-12(13)15-7-5-9-18-11-10-16-2/h3-11H2,1-2H3,(H3,13,14,15). The van der Waals surface area contributed by atoms with E-state index in [0.717, 1.165) is 32.6 Å². The number of hydrogen-bond donors (Lipinski definition) is 2. The molecule has 0 aliphatic carbocycles. The van der Waals surface area contributed by atoms with Crippen LogP contribution in [0.5, 0.6) is 0 Å². The van der Waals surface area contributed by atoms with Gasteiger partial charge >= 0.3 is 0 Å². The van der Waals surface area contributed by atoms with Gasteiger partial charge < -0.3 is 25.3 Å². The van der Waals surface area contributed by atoms with E-state index >= 15 is 0 Å². The van der Waals surface area contributed by atoms with E-state index in [-0.39, 0.29) is 0 Å². The van der Waals surface area contributed by atoms with E-state index in [1.54, 1.807) is 7.11 Å². The average Bonchev–Trinajstić information content (AvgIpc) is 2.37. The van der Waals surface area contributed by atoms with Crippen LogP contribution in [-0.4, -0.2) is 59.2 Å². The van der Waals surface area contributed by atoms with Crippen LogP contribution in [0.2, 0.25) is 0 Å². The zero-order chi connectivity index (χ0) is 13.5. The Morgan fingerprint density at radius 2 is 1.89 bits per heavy atom. The van der Waals surface area contributed by atoms with Gasteiger partial charge in [-0.1, -0.05) is 0 Å². The SMILES string of the molecule is CCOCCCNC(N)=NCCCOCCOC. The fourth-order valence-corrected chi connectivity index (χ4v) is 1.20. The predicted octanol–water partition coefficient (Wildman–Crippen LogP) is 0.370. The molecular weight excluding hydrogens is 234 g/mol. The molecule has 0 bridgehead atoms. The van der Waals surface area contributed by atoms with E-state index in [1.807, 2.05) is 6.92 Å². The van der Waals surface area contributed by atoms with Gasteiger partial charge in [-0.15, -0.1) is 0 Å². The van der Waals surface area contributed by atoms with Crippen molar-refractivity contribution in [2.75, 3.05) is 53.2 Å². The molecule has 0 fully saturated rings. The number of nitrogens with zero attached hydrogens (tertiary/aromatic N) is 1. The molecule has 0 rings (SSSR count). The zero-order valence-electron chi connectivity index (χ0n) is 11.6. The van der Waals surface area contributed by atoms with Gasteiger partial charge in [0.15, 0.2) is 5.96 Å². The summed E-state index contributed by atoms with van der Waals surface area (Å²) >= 11 is 0. The first-order valence-corrected chi connectivity index (χ1v) is 6.49. The van der Waals surface area contributed by atoms with Gasteiger partial charge in [0.05, 0.1) is 13.2 Å². The Kier molecular flexibility index (Phi) is 13.5. The third kappa shape index (κ3) is 13.2. The minimum Gasteiger partial charge on any atom is -0.382 e. The Labute approximate surface area is 110 Å². The summed E-state index contributed by atoms with van der Waals surface area (Å²) < 4.78 is 15.4. The largest absolute Gasteiger partial charge is 0.382 e. The molecule has 0 saturated carbocycles. The Morgan fingerprint density at radius 3 is 2.61 bits per heavy atom. The third-order valence-electron chi connectivity index (χ3n) is 2.14. The van der Waals surface area contributed by atoms with E-state index in [0.29, 0.717) is 32.3 Å². The molecule has 0 radical (unpaired) electrons. The van der Waals surface area contributed by atoms with E-state index in [2.05, 4.69) is 10.3 Å². The Morgan fingerprint density at radius 1 is 1.11 bits per heavy atom. The minimum atomic E-state index is 0.489. The van der Waals surface area contributed by atoms with Crippen molar-refractivity contribution in [1.29, 1.82) is 0 Å². The lowest BCUT2D eigenvalue weighted by atomic mass is 10.4. The van der Waals surface area contributed by atoms with E-state index in [1.165, 1.54) is 0 Å². The second kappa shape index (κ2) is 14.2. The quantitative estimate of drug-likeness (QED) is 0.301. The zero-order valence-corrected chi connectivity index (χ0v) is 11.6. The number of nitrogens with one attached hydrogen (secondary N) is 1. The number of ether oxygens (including phenoxy) is 3. The molecule has 0 atom stereocenters. The highest BCUT2D eigenvalue weighted by Crippen LogP contribution is 1.85. The molecule has 6 heteroatoms. The highest BCUT2D eigenvalue weighted by Gasteiger charge is 1.92. The normalized spacial score (nSPS) is 11.8. The summed E-state index contributed by atoms with van der Waals surface area (Å²) in [6.45, 7) is 6.91.